The molecule has 1 rings (SSSR count). The van der Waals surface area contributed by atoms with E-state index in [2.05, 4.69) is 5.32 Å². The first-order chi connectivity index (χ1) is 8.63. The Hall–Kier alpha value is -1.75. The second-order valence-corrected chi connectivity index (χ2v) is 3.82. The summed E-state index contributed by atoms with van der Waals surface area (Å²) in [5, 5.41) is 2.03. The molecular weight excluding hydrogens is 258 g/mol. The molecule has 0 spiro atoms. The predicted octanol–water partition coefficient (Wildman–Crippen LogP) is 1.35. The van der Waals surface area contributed by atoms with Crippen LogP contribution in [-0.2, 0) is 9.59 Å². The predicted molar refractivity (Wildman–Crippen MR) is 67.0 cm³/mol. The number of carbonyl (C=O) groups excluding carboxylic acids is 2. The summed E-state index contributed by atoms with van der Waals surface area (Å²) < 4.78 is 10.4. The Morgan fingerprint density at radius 2 is 1.94 bits per heavy atom. The highest BCUT2D eigenvalue weighted by Crippen LogP contribution is 2.25. The molecule has 0 saturated heterocycles. The van der Waals surface area contributed by atoms with Crippen LogP contribution in [0.25, 0.3) is 0 Å². The number of halogens is 1. The molecule has 1 aromatic carbocycles. The third-order valence-electron chi connectivity index (χ3n) is 2.07. The molecule has 1 amide bonds. The minimum Gasteiger partial charge on any atom is -0.493 e. The molecule has 1 N–H and O–H groups in total. The molecule has 98 valence electrons. The van der Waals surface area contributed by atoms with Crippen LogP contribution < -0.4 is 14.8 Å². The number of para-hydroxylation sites is 2. The average molecular weight is 272 g/mol. The van der Waals surface area contributed by atoms with Crippen molar-refractivity contribution in [2.75, 3.05) is 20.3 Å². The highest BCUT2D eigenvalue weighted by Gasteiger charge is 2.06. The van der Waals surface area contributed by atoms with Crippen molar-refractivity contribution in [3.05, 3.63) is 24.3 Å². The molecule has 0 heterocycles. The molecule has 0 aliphatic rings. The molecule has 18 heavy (non-hydrogen) atoms. The van der Waals surface area contributed by atoms with Gasteiger partial charge < -0.3 is 14.8 Å². The molecule has 0 saturated carbocycles. The lowest BCUT2D eigenvalue weighted by molar-refractivity contribution is -0.123. The van der Waals surface area contributed by atoms with Gasteiger partial charge in [-0.15, -0.1) is 0 Å². The number of amides is 1. The zero-order chi connectivity index (χ0) is 13.4. The van der Waals surface area contributed by atoms with Crippen molar-refractivity contribution in [2.24, 2.45) is 0 Å². The van der Waals surface area contributed by atoms with E-state index in [4.69, 9.17) is 21.1 Å². The summed E-state index contributed by atoms with van der Waals surface area (Å²) >= 11 is 5.14. The van der Waals surface area contributed by atoms with Gasteiger partial charge in [-0.2, -0.15) is 0 Å². The molecule has 0 fully saturated rings. The van der Waals surface area contributed by atoms with Gasteiger partial charge in [0.25, 0.3) is 5.91 Å². The van der Waals surface area contributed by atoms with Gasteiger partial charge in [-0.25, -0.2) is 0 Å². The van der Waals surface area contributed by atoms with Gasteiger partial charge in [0.05, 0.1) is 7.11 Å². The normalized spacial score (nSPS) is 9.67. The first-order valence-electron chi connectivity index (χ1n) is 5.34. The Balaban J connectivity index is 2.35. The van der Waals surface area contributed by atoms with Crippen molar-refractivity contribution in [2.45, 2.75) is 6.42 Å². The number of carbonyl (C=O) groups is 2. The third kappa shape index (κ3) is 5.05. The topological polar surface area (TPSA) is 64.6 Å². The standard InChI is InChI=1S/C12H14ClNO4/c1-17-9-4-2-3-5-10(9)18-8-12(16)14-7-6-11(13)15/h2-5H,6-8H2,1H3,(H,14,16). The number of methoxy groups -OCH3 is 1. The van der Waals surface area contributed by atoms with Crippen LogP contribution in [-0.4, -0.2) is 31.4 Å². The van der Waals surface area contributed by atoms with E-state index in [0.29, 0.717) is 11.5 Å². The third-order valence-corrected chi connectivity index (χ3v) is 2.26. The molecular formula is C12H14ClNO4. The first-order valence-corrected chi connectivity index (χ1v) is 5.72. The van der Waals surface area contributed by atoms with Gasteiger partial charge in [-0.3, -0.25) is 9.59 Å². The maximum atomic E-state index is 11.4. The van der Waals surface area contributed by atoms with Crippen LogP contribution >= 0.6 is 11.6 Å². The van der Waals surface area contributed by atoms with E-state index in [1.165, 1.54) is 7.11 Å². The van der Waals surface area contributed by atoms with Crippen LogP contribution in [0.5, 0.6) is 11.5 Å². The summed E-state index contributed by atoms with van der Waals surface area (Å²) in [5.74, 6) is 0.726. The molecule has 0 bridgehead atoms. The van der Waals surface area contributed by atoms with E-state index in [1.54, 1.807) is 24.3 Å². The number of rotatable bonds is 7. The minimum atomic E-state index is -0.485. The summed E-state index contributed by atoms with van der Waals surface area (Å²) in [6.07, 6.45) is 0.0992. The largest absolute Gasteiger partial charge is 0.493 e. The number of ether oxygens (including phenoxy) is 2. The molecule has 0 aliphatic heterocycles. The molecule has 0 atom stereocenters. The Labute approximate surface area is 110 Å². The Kier molecular flexibility index (Phi) is 6.00. The summed E-state index contributed by atoms with van der Waals surface area (Å²) in [4.78, 5) is 21.8. The lowest BCUT2D eigenvalue weighted by atomic mass is 10.3. The van der Waals surface area contributed by atoms with Gasteiger partial charge in [0.15, 0.2) is 18.1 Å². The number of nitrogens with one attached hydrogen (secondary N) is 1. The maximum absolute atomic E-state index is 11.4. The van der Waals surface area contributed by atoms with E-state index in [-0.39, 0.29) is 25.5 Å². The zero-order valence-corrected chi connectivity index (χ0v) is 10.7. The fourth-order valence-corrected chi connectivity index (χ4v) is 1.33. The number of benzene rings is 1. The molecule has 5 nitrogen and oxygen atoms in total. The molecule has 0 aromatic heterocycles. The van der Waals surface area contributed by atoms with Gasteiger partial charge in [0, 0.05) is 13.0 Å². The van der Waals surface area contributed by atoms with E-state index < -0.39 is 5.24 Å². The molecule has 6 heteroatoms. The van der Waals surface area contributed by atoms with Crippen LogP contribution in [0, 0.1) is 0 Å². The number of hydrogen-bond acceptors (Lipinski definition) is 4. The van der Waals surface area contributed by atoms with E-state index in [0.717, 1.165) is 0 Å². The van der Waals surface area contributed by atoms with Crippen LogP contribution in [0.2, 0.25) is 0 Å². The summed E-state index contributed by atoms with van der Waals surface area (Å²) in [6.45, 7) is 0.0628. The van der Waals surface area contributed by atoms with Crippen LogP contribution in [0.1, 0.15) is 6.42 Å². The fraction of sp³-hybridized carbons (Fsp3) is 0.333. The van der Waals surface area contributed by atoms with Crippen LogP contribution in [0.3, 0.4) is 0 Å². The number of hydrogen-bond donors (Lipinski definition) is 1. The minimum absolute atomic E-state index is 0.0992. The molecule has 0 aliphatic carbocycles. The Bertz CT molecular complexity index is 422. The van der Waals surface area contributed by atoms with Gasteiger partial charge >= 0.3 is 0 Å². The van der Waals surface area contributed by atoms with Crippen LogP contribution in [0.15, 0.2) is 24.3 Å². The lowest BCUT2D eigenvalue weighted by Gasteiger charge is -2.10. The smallest absolute Gasteiger partial charge is 0.257 e. The zero-order valence-electron chi connectivity index (χ0n) is 9.94. The molecule has 0 unspecified atom stereocenters. The van der Waals surface area contributed by atoms with Gasteiger partial charge in [0.1, 0.15) is 0 Å². The van der Waals surface area contributed by atoms with Crippen molar-refractivity contribution in [1.29, 1.82) is 0 Å². The highest BCUT2D eigenvalue weighted by atomic mass is 35.5. The SMILES string of the molecule is COc1ccccc1OCC(=O)NCCC(=O)Cl. The van der Waals surface area contributed by atoms with Crippen molar-refractivity contribution in [3.8, 4) is 11.5 Å². The first kappa shape index (κ1) is 14.3. The summed E-state index contributed by atoms with van der Waals surface area (Å²) in [7, 11) is 1.52. The highest BCUT2D eigenvalue weighted by molar-refractivity contribution is 6.63. The van der Waals surface area contributed by atoms with E-state index in [9.17, 15) is 9.59 Å². The van der Waals surface area contributed by atoms with Gasteiger partial charge in [-0.1, -0.05) is 12.1 Å². The lowest BCUT2D eigenvalue weighted by Crippen LogP contribution is -2.30. The maximum Gasteiger partial charge on any atom is 0.257 e. The molecule has 0 radical (unpaired) electrons. The quantitative estimate of drug-likeness (QED) is 0.760. The monoisotopic (exact) mass is 271 g/mol. The van der Waals surface area contributed by atoms with Gasteiger partial charge in [0.2, 0.25) is 5.24 Å². The van der Waals surface area contributed by atoms with Crippen molar-refractivity contribution in [3.63, 3.8) is 0 Å². The second-order valence-electron chi connectivity index (χ2n) is 3.39. The van der Waals surface area contributed by atoms with Crippen molar-refractivity contribution in [1.82, 2.24) is 5.32 Å². The van der Waals surface area contributed by atoms with Crippen LogP contribution in [0.4, 0.5) is 0 Å². The summed E-state index contributed by atoms with van der Waals surface area (Å²) in [5.41, 5.74) is 0. The Morgan fingerprint density at radius 3 is 2.56 bits per heavy atom. The Morgan fingerprint density at radius 1 is 1.28 bits per heavy atom. The second kappa shape index (κ2) is 7.55. The van der Waals surface area contributed by atoms with E-state index >= 15 is 0 Å². The van der Waals surface area contributed by atoms with Gasteiger partial charge in [-0.05, 0) is 23.7 Å². The fourth-order valence-electron chi connectivity index (χ4n) is 1.23. The van der Waals surface area contributed by atoms with Crippen molar-refractivity contribution < 1.29 is 19.1 Å². The van der Waals surface area contributed by atoms with Crippen molar-refractivity contribution >= 4 is 22.8 Å². The average Bonchev–Trinajstić information content (AvgIpc) is 2.36. The summed E-state index contributed by atoms with van der Waals surface area (Å²) in [6, 6.07) is 7.02. The van der Waals surface area contributed by atoms with E-state index in [1.807, 2.05) is 0 Å². The molecule has 1 aromatic rings.